The fourth-order valence-electron chi connectivity index (χ4n) is 1.30. The van der Waals surface area contributed by atoms with Crippen molar-refractivity contribution in [2.24, 2.45) is 0 Å². The van der Waals surface area contributed by atoms with E-state index < -0.39 is 11.8 Å². The second kappa shape index (κ2) is 4.99. The Morgan fingerprint density at radius 1 is 1.44 bits per heavy atom. The number of hydrogen-bond acceptors (Lipinski definition) is 3. The smallest absolute Gasteiger partial charge is 0.371 e. The molecule has 2 aromatic rings. The van der Waals surface area contributed by atoms with E-state index in [9.17, 15) is 9.18 Å². The van der Waals surface area contributed by atoms with Crippen molar-refractivity contribution in [3.63, 3.8) is 0 Å². The Bertz CT molecular complexity index is 591. The van der Waals surface area contributed by atoms with E-state index in [-0.39, 0.29) is 16.7 Å². The van der Waals surface area contributed by atoms with Gasteiger partial charge in [-0.1, -0.05) is 11.6 Å². The zero-order chi connectivity index (χ0) is 13.3. The first kappa shape index (κ1) is 12.9. The summed E-state index contributed by atoms with van der Waals surface area (Å²) in [5.74, 6) is -1.66. The van der Waals surface area contributed by atoms with Crippen LogP contribution >= 0.6 is 27.5 Å². The topological polar surface area (TPSA) is 62.5 Å². The van der Waals surface area contributed by atoms with Crippen molar-refractivity contribution in [2.45, 2.75) is 0 Å². The third kappa shape index (κ3) is 2.65. The third-order valence-corrected chi connectivity index (χ3v) is 3.00. The van der Waals surface area contributed by atoms with Crippen molar-refractivity contribution in [3.8, 4) is 0 Å². The number of carbonyl (C=O) groups is 1. The van der Waals surface area contributed by atoms with Gasteiger partial charge in [-0.25, -0.2) is 9.18 Å². The Balaban J connectivity index is 2.31. The van der Waals surface area contributed by atoms with Crippen LogP contribution in [0.15, 0.2) is 33.2 Å². The highest BCUT2D eigenvalue weighted by Crippen LogP contribution is 2.34. The lowest BCUT2D eigenvalue weighted by Crippen LogP contribution is -1.94. The standard InChI is InChI=1S/C11H6BrClFNO3/c12-6-3-5(14)4-7(13)10(6)15-9-2-1-8(18-9)11(16)17/h1-4,15H,(H,16,17). The molecule has 94 valence electrons. The highest BCUT2D eigenvalue weighted by atomic mass is 79.9. The molecule has 0 spiro atoms. The monoisotopic (exact) mass is 333 g/mol. The van der Waals surface area contributed by atoms with E-state index in [1.807, 2.05) is 0 Å². The van der Waals surface area contributed by atoms with Gasteiger partial charge in [0, 0.05) is 10.5 Å². The molecule has 0 unspecified atom stereocenters. The summed E-state index contributed by atoms with van der Waals surface area (Å²) in [6, 6.07) is 5.11. The summed E-state index contributed by atoms with van der Waals surface area (Å²) >= 11 is 9.01. The molecule has 1 aromatic carbocycles. The number of halogens is 3. The maximum Gasteiger partial charge on any atom is 0.371 e. The van der Waals surface area contributed by atoms with E-state index in [1.54, 1.807) is 0 Å². The maximum atomic E-state index is 13.0. The minimum atomic E-state index is -1.17. The van der Waals surface area contributed by atoms with E-state index in [0.29, 0.717) is 10.2 Å². The fourth-order valence-corrected chi connectivity index (χ4v) is 2.20. The van der Waals surface area contributed by atoms with E-state index in [1.165, 1.54) is 18.2 Å². The lowest BCUT2D eigenvalue weighted by Gasteiger charge is -2.08. The van der Waals surface area contributed by atoms with Gasteiger partial charge in [-0.15, -0.1) is 0 Å². The highest BCUT2D eigenvalue weighted by Gasteiger charge is 2.12. The molecule has 0 aliphatic rings. The van der Waals surface area contributed by atoms with Gasteiger partial charge < -0.3 is 14.8 Å². The van der Waals surface area contributed by atoms with Crippen molar-refractivity contribution >= 4 is 45.1 Å². The molecule has 2 rings (SSSR count). The molecule has 18 heavy (non-hydrogen) atoms. The Kier molecular flexibility index (Phi) is 3.58. The Morgan fingerprint density at radius 2 is 2.17 bits per heavy atom. The molecule has 0 bridgehead atoms. The molecule has 0 fully saturated rings. The van der Waals surface area contributed by atoms with Gasteiger partial charge in [-0.05, 0) is 34.1 Å². The average Bonchev–Trinajstić information content (AvgIpc) is 2.71. The first-order chi connectivity index (χ1) is 8.47. The number of aromatic carboxylic acids is 1. The van der Waals surface area contributed by atoms with Crippen LogP contribution in [-0.2, 0) is 0 Å². The number of hydrogen-bond donors (Lipinski definition) is 2. The van der Waals surface area contributed by atoms with E-state index >= 15 is 0 Å². The van der Waals surface area contributed by atoms with Crippen LogP contribution in [0.2, 0.25) is 5.02 Å². The summed E-state index contributed by atoms with van der Waals surface area (Å²) in [4.78, 5) is 10.6. The van der Waals surface area contributed by atoms with Gasteiger partial charge in [0.05, 0.1) is 10.7 Å². The second-order valence-electron chi connectivity index (χ2n) is 3.34. The molecule has 7 heteroatoms. The Morgan fingerprint density at radius 3 is 2.72 bits per heavy atom. The summed E-state index contributed by atoms with van der Waals surface area (Å²) in [6.07, 6.45) is 0. The largest absolute Gasteiger partial charge is 0.475 e. The molecular formula is C11H6BrClFNO3. The van der Waals surface area contributed by atoms with E-state index in [4.69, 9.17) is 21.1 Å². The molecule has 0 amide bonds. The molecule has 4 nitrogen and oxygen atoms in total. The number of carboxylic acids is 1. The summed E-state index contributed by atoms with van der Waals surface area (Å²) in [5, 5.41) is 11.6. The van der Waals surface area contributed by atoms with Crippen molar-refractivity contribution in [1.82, 2.24) is 0 Å². The van der Waals surface area contributed by atoms with Crippen LogP contribution in [0.3, 0.4) is 0 Å². The van der Waals surface area contributed by atoms with E-state index in [0.717, 1.165) is 6.07 Å². The molecule has 1 aromatic heterocycles. The maximum absolute atomic E-state index is 13.0. The average molecular weight is 335 g/mol. The van der Waals surface area contributed by atoms with Crippen molar-refractivity contribution in [3.05, 3.63) is 45.3 Å². The van der Waals surface area contributed by atoms with Crippen molar-refractivity contribution < 1.29 is 18.7 Å². The molecule has 2 N–H and O–H groups in total. The summed E-state index contributed by atoms with van der Waals surface area (Å²) in [7, 11) is 0. The molecule has 1 heterocycles. The normalized spacial score (nSPS) is 10.4. The van der Waals surface area contributed by atoms with Gasteiger partial charge in [0.1, 0.15) is 5.82 Å². The van der Waals surface area contributed by atoms with Gasteiger partial charge in [-0.2, -0.15) is 0 Å². The number of benzene rings is 1. The lowest BCUT2D eigenvalue weighted by molar-refractivity contribution is 0.0663. The van der Waals surface area contributed by atoms with Gasteiger partial charge in [-0.3, -0.25) is 0 Å². The summed E-state index contributed by atoms with van der Waals surface area (Å²) in [5.41, 5.74) is 0.393. The minimum Gasteiger partial charge on any atom is -0.475 e. The lowest BCUT2D eigenvalue weighted by atomic mass is 10.3. The number of carboxylic acid groups (broad SMARTS) is 1. The van der Waals surface area contributed by atoms with Crippen LogP contribution in [0.5, 0.6) is 0 Å². The van der Waals surface area contributed by atoms with Crippen LogP contribution in [0.4, 0.5) is 16.0 Å². The predicted molar refractivity (Wildman–Crippen MR) is 68.1 cm³/mol. The van der Waals surface area contributed by atoms with E-state index in [2.05, 4.69) is 21.2 Å². The van der Waals surface area contributed by atoms with Gasteiger partial charge in [0.25, 0.3) is 0 Å². The zero-order valence-electron chi connectivity index (χ0n) is 8.71. The highest BCUT2D eigenvalue weighted by molar-refractivity contribution is 9.10. The van der Waals surface area contributed by atoms with Crippen molar-refractivity contribution in [2.75, 3.05) is 5.32 Å². The minimum absolute atomic E-state index is 0.148. The Labute approximate surface area is 114 Å². The number of furan rings is 1. The SMILES string of the molecule is O=C(O)c1ccc(Nc2c(Cl)cc(F)cc2Br)o1. The molecule has 0 aliphatic heterocycles. The van der Waals surface area contributed by atoms with Gasteiger partial charge in [0.2, 0.25) is 5.76 Å². The molecule has 0 saturated heterocycles. The summed E-state index contributed by atoms with van der Waals surface area (Å²) in [6.45, 7) is 0. The van der Waals surface area contributed by atoms with Crippen LogP contribution < -0.4 is 5.32 Å². The summed E-state index contributed by atoms with van der Waals surface area (Å²) < 4.78 is 18.4. The first-order valence-electron chi connectivity index (χ1n) is 4.72. The zero-order valence-corrected chi connectivity index (χ0v) is 11.0. The van der Waals surface area contributed by atoms with Crippen molar-refractivity contribution in [1.29, 1.82) is 0 Å². The Hall–Kier alpha value is -1.53. The predicted octanol–water partition coefficient (Wildman–Crippen LogP) is 4.28. The van der Waals surface area contributed by atoms with Crippen LogP contribution in [0, 0.1) is 5.82 Å². The van der Waals surface area contributed by atoms with Crippen LogP contribution in [0.1, 0.15) is 10.6 Å². The third-order valence-electron chi connectivity index (χ3n) is 2.07. The quantitative estimate of drug-likeness (QED) is 0.879. The molecular weight excluding hydrogens is 328 g/mol. The second-order valence-corrected chi connectivity index (χ2v) is 4.60. The number of anilines is 2. The van der Waals surface area contributed by atoms with Crippen LogP contribution in [-0.4, -0.2) is 11.1 Å². The fraction of sp³-hybridized carbons (Fsp3) is 0. The number of rotatable bonds is 3. The van der Waals surface area contributed by atoms with Gasteiger partial charge in [0.15, 0.2) is 5.88 Å². The molecule has 0 radical (unpaired) electrons. The molecule has 0 saturated carbocycles. The van der Waals surface area contributed by atoms with Gasteiger partial charge >= 0.3 is 5.97 Å². The molecule has 0 aliphatic carbocycles. The first-order valence-corrected chi connectivity index (χ1v) is 5.89. The number of nitrogens with one attached hydrogen (secondary N) is 1. The molecule has 0 atom stereocenters. The van der Waals surface area contributed by atoms with Crippen LogP contribution in [0.25, 0.3) is 0 Å².